The van der Waals surface area contributed by atoms with E-state index in [2.05, 4.69) is 29.4 Å². The zero-order valence-electron chi connectivity index (χ0n) is 18.5. The van der Waals surface area contributed by atoms with Crippen LogP contribution in [0.4, 0.5) is 9.93 Å². The van der Waals surface area contributed by atoms with Crippen LogP contribution in [0.15, 0.2) is 5.16 Å². The summed E-state index contributed by atoms with van der Waals surface area (Å²) in [4.78, 5) is 54.1. The molecule has 1 fully saturated rings. The van der Waals surface area contributed by atoms with Gasteiger partial charge in [0, 0.05) is 11.5 Å². The van der Waals surface area contributed by atoms with Crippen molar-refractivity contribution in [3.8, 4) is 0 Å². The van der Waals surface area contributed by atoms with Crippen molar-refractivity contribution in [2.45, 2.75) is 12.1 Å². The van der Waals surface area contributed by atoms with Crippen molar-refractivity contribution in [3.05, 3.63) is 5.82 Å². The van der Waals surface area contributed by atoms with Crippen LogP contribution in [-0.4, -0.2) is 86.6 Å². The first kappa shape index (κ1) is 30.4. The van der Waals surface area contributed by atoms with Gasteiger partial charge in [-0.2, -0.15) is 17.8 Å². The smallest absolute Gasteiger partial charge is 1.00 e. The molecule has 1 aliphatic rings. The zero-order chi connectivity index (χ0) is 22.6. The van der Waals surface area contributed by atoms with Gasteiger partial charge in [0.2, 0.25) is 18.1 Å². The average Bonchev–Trinajstić information content (AvgIpc) is 3.04. The summed E-state index contributed by atoms with van der Waals surface area (Å²) >= 11 is 0.670. The number of hydrogen-bond acceptors (Lipinski definition) is 13. The number of rotatable bonds is 9. The minimum atomic E-state index is -5.03. The standard InChI is InChI=1S/C11H13N7O10S2.2Na.2H/c12-10-15-7(17-29-10)6(16-28-2-4(19)20)8(21)14-5-3(1-27-11(13)23)18(9(5)22)30(24,25)26;;;;/h3,5H,1-2H2,(H2,13,23)(H,14,21)(H,19,20)(H2,12,15,17)(H,24,25,26);;;;/q;2*+1;2*-1/b16-6-;;;;/t3-,5+;;;;/m1..../s1. The summed E-state index contributed by atoms with van der Waals surface area (Å²) in [5.74, 6) is -4.23. The molecule has 2 heterocycles. The topological polar surface area (TPSA) is 267 Å². The van der Waals surface area contributed by atoms with Gasteiger partial charge in [0.05, 0.1) is 0 Å². The van der Waals surface area contributed by atoms with E-state index in [1.54, 1.807) is 0 Å². The van der Waals surface area contributed by atoms with Crippen molar-refractivity contribution in [3.63, 3.8) is 0 Å². The monoisotopic (exact) mass is 515 g/mol. The average molecular weight is 515 g/mol. The SMILES string of the molecule is NC(=O)OC[C@@H]1[C@H](NC(=O)/C(=N\OCC(=O)O)c2nsc(N)n2)C(=O)N1S(=O)(=O)O.[H-].[H-].[Na+].[Na+]. The number of hydrogen-bond donors (Lipinski definition) is 5. The number of carboxylic acids is 1. The Kier molecular flexibility index (Phi) is 12.0. The predicted octanol–water partition coefficient (Wildman–Crippen LogP) is -9.25. The Balaban J connectivity index is -0.00000240. The molecule has 0 spiro atoms. The van der Waals surface area contributed by atoms with Gasteiger partial charge in [0.1, 0.15) is 18.7 Å². The molecule has 2 atom stereocenters. The van der Waals surface area contributed by atoms with E-state index in [9.17, 15) is 27.6 Å². The van der Waals surface area contributed by atoms with E-state index in [1.165, 1.54) is 0 Å². The number of nitrogens with one attached hydrogen (secondary N) is 1. The number of carboxylic acid groups (broad SMARTS) is 1. The van der Waals surface area contributed by atoms with Crippen molar-refractivity contribution < 1.29 is 109 Å². The van der Waals surface area contributed by atoms with E-state index in [1.807, 2.05) is 0 Å². The second kappa shape index (κ2) is 12.6. The largest absolute Gasteiger partial charge is 1.00 e. The molecule has 32 heavy (non-hydrogen) atoms. The van der Waals surface area contributed by atoms with Crippen LogP contribution >= 0.6 is 11.5 Å². The first-order chi connectivity index (χ1) is 13.9. The Morgan fingerprint density at radius 1 is 1.34 bits per heavy atom. The van der Waals surface area contributed by atoms with Crippen LogP contribution in [0, 0.1) is 0 Å². The number of nitrogens with zero attached hydrogens (tertiary/aromatic N) is 4. The number of aliphatic carboxylic acids is 1. The minimum absolute atomic E-state index is 0. The van der Waals surface area contributed by atoms with Crippen molar-refractivity contribution >= 4 is 56.6 Å². The molecule has 3 amide bonds. The summed E-state index contributed by atoms with van der Waals surface area (Å²) in [5.41, 5.74) is 9.52. The Labute approximate surface area is 230 Å². The van der Waals surface area contributed by atoms with Crippen LogP contribution in [0.1, 0.15) is 8.68 Å². The number of oxime groups is 1. The third-order valence-electron chi connectivity index (χ3n) is 3.31. The Morgan fingerprint density at radius 3 is 2.44 bits per heavy atom. The van der Waals surface area contributed by atoms with Crippen LogP contribution in [0.3, 0.4) is 0 Å². The molecule has 1 aliphatic heterocycles. The molecule has 1 saturated heterocycles. The Bertz CT molecular complexity index is 1030. The van der Waals surface area contributed by atoms with Gasteiger partial charge < -0.3 is 34.3 Å². The number of nitrogens with two attached hydrogens (primary N) is 2. The van der Waals surface area contributed by atoms with Gasteiger partial charge >= 0.3 is 81.5 Å². The molecule has 0 unspecified atom stereocenters. The molecule has 0 bridgehead atoms. The van der Waals surface area contributed by atoms with Crippen LogP contribution in [-0.2, 0) is 34.3 Å². The summed E-state index contributed by atoms with van der Waals surface area (Å²) in [5, 5.41) is 13.9. The Morgan fingerprint density at radius 2 is 1.97 bits per heavy atom. The normalized spacial score (nSPS) is 17.8. The maximum Gasteiger partial charge on any atom is 1.00 e. The summed E-state index contributed by atoms with van der Waals surface area (Å²) < 4.78 is 39.9. The molecule has 0 aliphatic carbocycles. The van der Waals surface area contributed by atoms with Crippen molar-refractivity contribution in [1.29, 1.82) is 0 Å². The van der Waals surface area contributed by atoms with E-state index in [0.29, 0.717) is 11.5 Å². The van der Waals surface area contributed by atoms with Crippen LogP contribution in [0.5, 0.6) is 0 Å². The number of carbonyl (C=O) groups is 4. The van der Waals surface area contributed by atoms with Gasteiger partial charge in [-0.05, 0) is 0 Å². The fourth-order valence-electron chi connectivity index (χ4n) is 2.17. The molecule has 0 radical (unpaired) electrons. The third kappa shape index (κ3) is 7.78. The van der Waals surface area contributed by atoms with Gasteiger partial charge in [-0.3, -0.25) is 14.1 Å². The molecule has 2 rings (SSSR count). The molecule has 1 aromatic rings. The van der Waals surface area contributed by atoms with E-state index in [-0.39, 0.29) is 77.2 Å². The van der Waals surface area contributed by atoms with Gasteiger partial charge in [-0.15, -0.1) is 0 Å². The number of ether oxygens (including phenoxy) is 1. The minimum Gasteiger partial charge on any atom is -1.00 e. The fraction of sp³-hybridized carbons (Fsp3) is 0.364. The number of anilines is 1. The second-order valence-electron chi connectivity index (χ2n) is 5.32. The second-order valence-corrected chi connectivity index (χ2v) is 7.40. The van der Waals surface area contributed by atoms with E-state index in [0.717, 1.165) is 0 Å². The van der Waals surface area contributed by atoms with E-state index < -0.39 is 65.2 Å². The fourth-order valence-corrected chi connectivity index (χ4v) is 3.47. The third-order valence-corrected chi connectivity index (χ3v) is 4.80. The number of nitrogen functional groups attached to an aromatic ring is 1. The quantitative estimate of drug-likeness (QED) is 0.0673. The molecular formula is C11H15N7Na2O10S2. The van der Waals surface area contributed by atoms with E-state index >= 15 is 0 Å². The molecule has 0 saturated carbocycles. The number of aromatic nitrogens is 2. The van der Waals surface area contributed by atoms with E-state index in [4.69, 9.17) is 21.1 Å². The first-order valence-corrected chi connectivity index (χ1v) is 9.64. The zero-order valence-corrected chi connectivity index (χ0v) is 22.1. The first-order valence-electron chi connectivity index (χ1n) is 7.47. The molecule has 7 N–H and O–H groups in total. The van der Waals surface area contributed by atoms with Gasteiger partial charge in [0.15, 0.2) is 5.13 Å². The summed E-state index contributed by atoms with van der Waals surface area (Å²) in [6.45, 7) is -1.71. The Hall–Kier alpha value is -1.58. The molecular weight excluding hydrogens is 500 g/mol. The number of β-lactam (4-membered cyclic amide) rings is 1. The molecule has 1 aromatic heterocycles. The van der Waals surface area contributed by atoms with Crippen LogP contribution < -0.4 is 75.9 Å². The molecule has 0 aromatic carbocycles. The summed E-state index contributed by atoms with van der Waals surface area (Å²) in [6.07, 6.45) is -1.30. The maximum absolute atomic E-state index is 12.5. The van der Waals surface area contributed by atoms with Gasteiger partial charge in [0.25, 0.3) is 11.8 Å². The molecule has 168 valence electrons. The predicted molar refractivity (Wildman–Crippen MR) is 96.3 cm³/mol. The summed E-state index contributed by atoms with van der Waals surface area (Å²) in [6, 6.07) is -3.13. The molecule has 21 heteroatoms. The molecule has 17 nitrogen and oxygen atoms in total. The van der Waals surface area contributed by atoms with Crippen molar-refractivity contribution in [2.24, 2.45) is 10.9 Å². The number of primary amides is 1. The van der Waals surface area contributed by atoms with Gasteiger partial charge in [-0.1, -0.05) is 5.16 Å². The number of carbonyl (C=O) groups excluding carboxylic acids is 3. The van der Waals surface area contributed by atoms with Gasteiger partial charge in [-0.25, -0.2) is 13.9 Å². The van der Waals surface area contributed by atoms with Crippen molar-refractivity contribution in [2.75, 3.05) is 18.9 Å². The summed E-state index contributed by atoms with van der Waals surface area (Å²) in [7, 11) is -5.03. The number of amides is 3. The van der Waals surface area contributed by atoms with Crippen LogP contribution in [0.25, 0.3) is 0 Å². The van der Waals surface area contributed by atoms with Crippen molar-refractivity contribution in [1.82, 2.24) is 19.0 Å². The van der Waals surface area contributed by atoms with Crippen LogP contribution in [0.2, 0.25) is 0 Å². The maximum atomic E-state index is 12.5.